The first kappa shape index (κ1) is 14.2. The van der Waals surface area contributed by atoms with Gasteiger partial charge in [-0.25, -0.2) is 0 Å². The zero-order chi connectivity index (χ0) is 10.7. The second-order valence-corrected chi connectivity index (χ2v) is 6.41. The molecular weight excluding hydrogens is 371 g/mol. The van der Waals surface area contributed by atoms with E-state index in [0.29, 0.717) is 0 Å². The summed E-state index contributed by atoms with van der Waals surface area (Å²) in [6.45, 7) is 0. The van der Waals surface area contributed by atoms with E-state index in [9.17, 15) is 0 Å². The van der Waals surface area contributed by atoms with Gasteiger partial charge in [-0.05, 0) is 30.5 Å². The van der Waals surface area contributed by atoms with E-state index in [4.69, 9.17) is 4.74 Å². The number of benzene rings is 1. The monoisotopic (exact) mass is 382 g/mol. The van der Waals surface area contributed by atoms with Gasteiger partial charge in [-0.3, -0.25) is 0 Å². The highest BCUT2D eigenvalue weighted by Gasteiger charge is 2.14. The summed E-state index contributed by atoms with van der Waals surface area (Å²) in [5.74, 6) is 0.907. The smallest absolute Gasteiger partial charge is 0.312 e. The molecule has 0 spiro atoms. The van der Waals surface area contributed by atoms with Crippen molar-refractivity contribution in [1.29, 1.82) is 0 Å². The Morgan fingerprint density at radius 1 is 1.25 bits per heavy atom. The molecule has 0 amide bonds. The summed E-state index contributed by atoms with van der Waals surface area (Å²) < 4.78 is 6.52. The number of thioether (sulfide) groups is 1. The average Bonchev–Trinajstić information content (AvgIpc) is 2.78. The molecule has 16 heavy (non-hydrogen) atoms. The van der Waals surface area contributed by atoms with Gasteiger partial charge in [0.05, 0.1) is 18.4 Å². The van der Waals surface area contributed by atoms with Gasteiger partial charge >= 0.3 is 3.52 Å². The highest BCUT2D eigenvalue weighted by Crippen LogP contribution is 2.37. The van der Waals surface area contributed by atoms with E-state index >= 15 is 0 Å². The molecule has 1 nitrogen and oxygen atoms in total. The summed E-state index contributed by atoms with van der Waals surface area (Å²) >= 11 is 5.45. The Labute approximate surface area is 125 Å². The van der Waals surface area contributed by atoms with Gasteiger partial charge < -0.3 is 28.7 Å². The van der Waals surface area contributed by atoms with Gasteiger partial charge in [0.15, 0.2) is 4.88 Å². The topological polar surface area (TPSA) is 9.23 Å². The minimum absolute atomic E-state index is 0. The molecule has 2 rings (SSSR count). The summed E-state index contributed by atoms with van der Waals surface area (Å²) in [4.78, 5) is 1.33. The zero-order valence-corrected chi connectivity index (χ0v) is 13.5. The predicted octanol–water partition coefficient (Wildman–Crippen LogP) is 1.49. The van der Waals surface area contributed by atoms with E-state index in [-0.39, 0.29) is 24.0 Å². The van der Waals surface area contributed by atoms with Crippen molar-refractivity contribution < 1.29 is 28.7 Å². The fourth-order valence-corrected chi connectivity index (χ4v) is 4.06. The standard InChI is InChI=1S/C11H11OS3.HI/c1-12-9-5-3-8(4-6-9)10-7-14-11(13-2)15-10;/h3-7H,1-2H3;1H/q+1;/p-1. The number of methoxy groups -OCH3 is 1. The lowest BCUT2D eigenvalue weighted by molar-refractivity contribution is -0.00000317. The Morgan fingerprint density at radius 3 is 2.44 bits per heavy atom. The van der Waals surface area contributed by atoms with Crippen LogP contribution in [0.3, 0.4) is 0 Å². The maximum Gasteiger partial charge on any atom is 0.312 e. The molecule has 0 N–H and O–H groups in total. The number of rotatable bonds is 3. The summed E-state index contributed by atoms with van der Waals surface area (Å²) in [5.41, 5.74) is 1.26. The Hall–Kier alpha value is 0.150. The molecule has 1 aromatic carbocycles. The molecule has 1 aromatic heterocycles. The Kier molecular flexibility index (Phi) is 6.02. The van der Waals surface area contributed by atoms with Crippen molar-refractivity contribution in [3.05, 3.63) is 29.6 Å². The number of halogens is 1. The molecule has 5 heteroatoms. The van der Waals surface area contributed by atoms with Crippen LogP contribution in [0, 0.1) is 0 Å². The van der Waals surface area contributed by atoms with Crippen LogP contribution in [0.4, 0.5) is 0 Å². The molecule has 1 heterocycles. The molecule has 0 saturated heterocycles. The first-order chi connectivity index (χ1) is 7.33. The van der Waals surface area contributed by atoms with Crippen molar-refractivity contribution in [2.24, 2.45) is 0 Å². The van der Waals surface area contributed by atoms with E-state index in [1.54, 1.807) is 30.2 Å². The molecule has 0 atom stereocenters. The Morgan fingerprint density at radius 2 is 1.94 bits per heavy atom. The molecule has 0 unspecified atom stereocenters. The van der Waals surface area contributed by atoms with Crippen molar-refractivity contribution >= 4 is 34.4 Å². The first-order valence-electron chi connectivity index (χ1n) is 4.43. The molecule has 0 aliphatic heterocycles. The van der Waals surface area contributed by atoms with Gasteiger partial charge in [-0.1, -0.05) is 11.8 Å². The normalized spacial score (nSPS) is 9.62. The van der Waals surface area contributed by atoms with Crippen LogP contribution in [0.15, 0.2) is 33.2 Å². The molecule has 0 aliphatic rings. The molecule has 86 valence electrons. The number of hydrogen-bond donors (Lipinski definition) is 0. The molecule has 2 aromatic rings. The molecule has 0 bridgehead atoms. The fraction of sp³-hybridized carbons (Fsp3) is 0.182. The first-order valence-corrected chi connectivity index (χ1v) is 7.35. The highest BCUT2D eigenvalue weighted by atomic mass is 127. The van der Waals surface area contributed by atoms with Gasteiger partial charge in [0.25, 0.3) is 0 Å². The predicted molar refractivity (Wildman–Crippen MR) is 70.4 cm³/mol. The molecule has 0 fully saturated rings. The van der Waals surface area contributed by atoms with Crippen LogP contribution >= 0.6 is 34.4 Å². The average molecular weight is 382 g/mol. The van der Waals surface area contributed by atoms with Crippen LogP contribution < -0.4 is 28.7 Å². The van der Waals surface area contributed by atoms with Crippen molar-refractivity contribution in [2.75, 3.05) is 13.4 Å². The van der Waals surface area contributed by atoms with Crippen LogP contribution in [0.25, 0.3) is 10.4 Å². The van der Waals surface area contributed by atoms with Crippen LogP contribution in [0.1, 0.15) is 0 Å². The third kappa shape index (κ3) is 3.32. The van der Waals surface area contributed by atoms with Crippen molar-refractivity contribution in [3.8, 4) is 16.2 Å². The van der Waals surface area contributed by atoms with Crippen molar-refractivity contribution in [2.45, 2.75) is 3.52 Å². The lowest BCUT2D eigenvalue weighted by atomic mass is 10.2. The van der Waals surface area contributed by atoms with Gasteiger partial charge in [-0.2, -0.15) is 0 Å². The SMILES string of the molecule is COc1ccc(-c2c[s+]c(SC)s2)cc1.[I-]. The second-order valence-electron chi connectivity index (χ2n) is 2.88. The third-order valence-corrected chi connectivity index (χ3v) is 5.84. The summed E-state index contributed by atoms with van der Waals surface area (Å²) in [5, 5.41) is 2.21. The lowest BCUT2D eigenvalue weighted by Gasteiger charge is -1.98. The number of hydrogen-bond acceptors (Lipinski definition) is 3. The highest BCUT2D eigenvalue weighted by molar-refractivity contribution is 8.02. The summed E-state index contributed by atoms with van der Waals surface area (Å²) in [6.07, 6.45) is 2.11. The van der Waals surface area contributed by atoms with Crippen LogP contribution in [-0.4, -0.2) is 13.4 Å². The minimum Gasteiger partial charge on any atom is -1.00 e. The number of ether oxygens (including phenoxy) is 1. The fourth-order valence-electron chi connectivity index (χ4n) is 1.21. The summed E-state index contributed by atoms with van der Waals surface area (Å²) in [6, 6.07) is 8.19. The van der Waals surface area contributed by atoms with E-state index in [1.807, 2.05) is 23.5 Å². The Bertz CT molecular complexity index is 439. The van der Waals surface area contributed by atoms with Crippen molar-refractivity contribution in [3.63, 3.8) is 0 Å². The van der Waals surface area contributed by atoms with E-state index in [1.165, 1.54) is 14.0 Å². The maximum absolute atomic E-state index is 5.13. The second kappa shape index (κ2) is 6.78. The van der Waals surface area contributed by atoms with Gasteiger partial charge in [0, 0.05) is 5.56 Å². The van der Waals surface area contributed by atoms with E-state index in [0.717, 1.165) is 5.75 Å². The molecular formula is C11H11IOS3. The largest absolute Gasteiger partial charge is 1.00 e. The van der Waals surface area contributed by atoms with Crippen LogP contribution in [-0.2, 0) is 0 Å². The Balaban J connectivity index is 0.00000128. The molecule has 0 saturated carbocycles. The van der Waals surface area contributed by atoms with E-state index < -0.39 is 0 Å². The zero-order valence-electron chi connectivity index (χ0n) is 8.90. The molecule has 0 aliphatic carbocycles. The maximum atomic E-state index is 5.13. The third-order valence-electron chi connectivity index (χ3n) is 2.00. The minimum atomic E-state index is 0. The lowest BCUT2D eigenvalue weighted by Crippen LogP contribution is -3.00. The van der Waals surface area contributed by atoms with Crippen LogP contribution in [0.2, 0.25) is 0 Å². The van der Waals surface area contributed by atoms with Crippen LogP contribution in [0.5, 0.6) is 5.75 Å². The van der Waals surface area contributed by atoms with E-state index in [2.05, 4.69) is 23.8 Å². The summed E-state index contributed by atoms with van der Waals surface area (Å²) in [7, 11) is 1.69. The van der Waals surface area contributed by atoms with Gasteiger partial charge in [0.2, 0.25) is 0 Å². The van der Waals surface area contributed by atoms with Gasteiger partial charge in [-0.15, -0.1) is 0 Å². The molecule has 0 radical (unpaired) electrons. The van der Waals surface area contributed by atoms with Gasteiger partial charge in [0.1, 0.15) is 22.5 Å². The quantitative estimate of drug-likeness (QED) is 0.452. The van der Waals surface area contributed by atoms with Crippen molar-refractivity contribution in [1.82, 2.24) is 0 Å².